The van der Waals surface area contributed by atoms with Crippen molar-refractivity contribution >= 4 is 45.3 Å². The van der Waals surface area contributed by atoms with Crippen LogP contribution in [0.1, 0.15) is 30.0 Å². The largest absolute Gasteiger partial charge is 0.494 e. The van der Waals surface area contributed by atoms with Gasteiger partial charge in [-0.25, -0.2) is 0 Å². The number of H-pyrrole nitrogens is 1. The van der Waals surface area contributed by atoms with E-state index in [1.165, 1.54) is 18.4 Å². The minimum atomic E-state index is -0.305. The molecule has 0 saturated carbocycles. The highest BCUT2D eigenvalue weighted by molar-refractivity contribution is 14.1. The van der Waals surface area contributed by atoms with Crippen LogP contribution in [0, 0.1) is 3.57 Å². The number of fused-ring (bicyclic) bond motifs is 1. The summed E-state index contributed by atoms with van der Waals surface area (Å²) in [5.74, 6) is -0.164. The number of halogens is 1. The van der Waals surface area contributed by atoms with Gasteiger partial charge in [0.15, 0.2) is 0 Å². The number of aromatic hydroxyl groups is 1. The first-order chi connectivity index (χ1) is 13.0. The van der Waals surface area contributed by atoms with Crippen molar-refractivity contribution in [2.24, 2.45) is 4.99 Å². The third-order valence-electron chi connectivity index (χ3n) is 5.14. The Labute approximate surface area is 170 Å². The Hall–Kier alpha value is -2.19. The summed E-state index contributed by atoms with van der Waals surface area (Å²) in [4.78, 5) is 21.4. The number of aliphatic imine (C=N–C) groups is 1. The number of rotatable bonds is 3. The van der Waals surface area contributed by atoms with E-state index in [2.05, 4.69) is 56.6 Å². The van der Waals surface area contributed by atoms with Crippen LogP contribution in [0.2, 0.25) is 0 Å². The van der Waals surface area contributed by atoms with Crippen LogP contribution < -0.4 is 5.56 Å². The second kappa shape index (κ2) is 7.44. The Balaban J connectivity index is 1.67. The van der Waals surface area contributed by atoms with E-state index < -0.39 is 0 Å². The van der Waals surface area contributed by atoms with Gasteiger partial charge in [-0.05, 0) is 84.9 Å². The first kappa shape index (κ1) is 18.2. The molecule has 1 aliphatic rings. The van der Waals surface area contributed by atoms with E-state index in [0.717, 1.165) is 15.8 Å². The van der Waals surface area contributed by atoms with Gasteiger partial charge in [-0.3, -0.25) is 19.7 Å². The van der Waals surface area contributed by atoms with Gasteiger partial charge < -0.3 is 5.11 Å². The van der Waals surface area contributed by atoms with Crippen LogP contribution in [-0.2, 0) is 0 Å². The number of nitrogens with zero attached hydrogens (tertiary/aromatic N) is 2. The molecule has 1 aliphatic heterocycles. The van der Waals surface area contributed by atoms with E-state index in [1.807, 2.05) is 24.3 Å². The molecule has 2 N–H and O–H groups in total. The van der Waals surface area contributed by atoms with Crippen molar-refractivity contribution in [3.05, 3.63) is 67.5 Å². The summed E-state index contributed by atoms with van der Waals surface area (Å²) >= 11 is 2.19. The predicted octanol–water partition coefficient (Wildman–Crippen LogP) is 4.36. The molecule has 1 fully saturated rings. The van der Waals surface area contributed by atoms with E-state index in [4.69, 9.17) is 0 Å². The normalized spacial score (nSPS) is 17.9. The molecule has 6 heteroatoms. The predicted molar refractivity (Wildman–Crippen MR) is 117 cm³/mol. The van der Waals surface area contributed by atoms with Crippen molar-refractivity contribution in [2.45, 2.75) is 18.9 Å². The van der Waals surface area contributed by atoms with Crippen LogP contribution >= 0.6 is 22.6 Å². The second-order valence-electron chi connectivity index (χ2n) is 6.89. The molecule has 3 aromatic rings. The fourth-order valence-corrected chi connectivity index (χ4v) is 4.18. The number of aromatic amines is 1. The highest BCUT2D eigenvalue weighted by Gasteiger charge is 2.22. The minimum Gasteiger partial charge on any atom is -0.494 e. The topological polar surface area (TPSA) is 68.7 Å². The molecule has 2 heterocycles. The average molecular weight is 473 g/mol. The zero-order valence-corrected chi connectivity index (χ0v) is 17.1. The number of nitrogens with one attached hydrogen (secondary N) is 1. The summed E-state index contributed by atoms with van der Waals surface area (Å²) in [7, 11) is 2.16. The number of benzene rings is 2. The molecule has 1 atom stereocenters. The lowest BCUT2D eigenvalue weighted by atomic mass is 10.0. The highest BCUT2D eigenvalue weighted by atomic mass is 127. The number of likely N-dealkylation sites (tertiary alicyclic amines) is 1. The first-order valence-corrected chi connectivity index (χ1v) is 9.99. The summed E-state index contributed by atoms with van der Waals surface area (Å²) in [5, 5.41) is 11.4. The van der Waals surface area contributed by atoms with Crippen molar-refractivity contribution in [1.82, 2.24) is 9.88 Å². The number of hydrogen-bond acceptors (Lipinski definition) is 4. The molecule has 4 rings (SSSR count). The van der Waals surface area contributed by atoms with Gasteiger partial charge in [0.1, 0.15) is 0 Å². The maximum Gasteiger partial charge on any atom is 0.258 e. The maximum absolute atomic E-state index is 12.1. The first-order valence-electron chi connectivity index (χ1n) is 8.92. The van der Waals surface area contributed by atoms with Crippen molar-refractivity contribution < 1.29 is 5.11 Å². The zero-order valence-electron chi connectivity index (χ0n) is 14.9. The highest BCUT2D eigenvalue weighted by Crippen LogP contribution is 2.31. The number of pyridine rings is 1. The molecule has 0 radical (unpaired) electrons. The van der Waals surface area contributed by atoms with Crippen LogP contribution in [0.15, 0.2) is 52.3 Å². The third-order valence-corrected chi connectivity index (χ3v) is 5.82. The van der Waals surface area contributed by atoms with Crippen molar-refractivity contribution in [3.63, 3.8) is 0 Å². The van der Waals surface area contributed by atoms with Gasteiger partial charge in [0.05, 0.1) is 11.3 Å². The van der Waals surface area contributed by atoms with Crippen molar-refractivity contribution in [3.8, 4) is 5.88 Å². The lowest BCUT2D eigenvalue weighted by Crippen LogP contribution is -2.17. The Bertz CT molecular complexity index is 1070. The van der Waals surface area contributed by atoms with Crippen molar-refractivity contribution in [1.29, 1.82) is 0 Å². The van der Waals surface area contributed by atoms with Gasteiger partial charge in [0, 0.05) is 26.6 Å². The molecule has 27 heavy (non-hydrogen) atoms. The molecule has 0 bridgehead atoms. The van der Waals surface area contributed by atoms with Gasteiger partial charge in [-0.2, -0.15) is 0 Å². The molecule has 2 aromatic carbocycles. The van der Waals surface area contributed by atoms with E-state index in [1.54, 1.807) is 12.3 Å². The average Bonchev–Trinajstić information content (AvgIpc) is 3.07. The molecule has 0 aliphatic carbocycles. The van der Waals surface area contributed by atoms with Crippen LogP contribution in [0.25, 0.3) is 10.8 Å². The fraction of sp³-hybridized carbons (Fsp3) is 0.238. The van der Waals surface area contributed by atoms with E-state index in [0.29, 0.717) is 22.4 Å². The fourth-order valence-electron chi connectivity index (χ4n) is 3.69. The summed E-state index contributed by atoms with van der Waals surface area (Å²) in [6.45, 7) is 1.14. The summed E-state index contributed by atoms with van der Waals surface area (Å²) < 4.78 is 0.991. The van der Waals surface area contributed by atoms with Crippen LogP contribution in [0.3, 0.4) is 0 Å². The molecule has 1 unspecified atom stereocenters. The van der Waals surface area contributed by atoms with Gasteiger partial charge in [0.25, 0.3) is 5.56 Å². The van der Waals surface area contributed by atoms with E-state index >= 15 is 0 Å². The lowest BCUT2D eigenvalue weighted by molar-refractivity contribution is 0.317. The van der Waals surface area contributed by atoms with Crippen molar-refractivity contribution in [2.75, 3.05) is 13.6 Å². The quantitative estimate of drug-likeness (QED) is 0.439. The molecule has 1 saturated heterocycles. The summed E-state index contributed by atoms with van der Waals surface area (Å²) in [5.41, 5.74) is 2.33. The monoisotopic (exact) mass is 473 g/mol. The molecule has 0 amide bonds. The van der Waals surface area contributed by atoms with Gasteiger partial charge >= 0.3 is 0 Å². The van der Waals surface area contributed by atoms with Gasteiger partial charge in [0.2, 0.25) is 5.88 Å². The Morgan fingerprint density at radius 1 is 1.22 bits per heavy atom. The second-order valence-corrected chi connectivity index (χ2v) is 8.14. The number of hydrogen-bond donors (Lipinski definition) is 2. The zero-order chi connectivity index (χ0) is 19.0. The smallest absolute Gasteiger partial charge is 0.258 e. The molecular weight excluding hydrogens is 453 g/mol. The minimum absolute atomic E-state index is 0.164. The van der Waals surface area contributed by atoms with Gasteiger partial charge in [-0.1, -0.05) is 12.1 Å². The molecule has 5 nitrogen and oxygen atoms in total. The van der Waals surface area contributed by atoms with Crippen LogP contribution in [-0.4, -0.2) is 34.8 Å². The van der Waals surface area contributed by atoms with Crippen LogP contribution in [0.5, 0.6) is 5.88 Å². The third kappa shape index (κ3) is 3.64. The summed E-state index contributed by atoms with van der Waals surface area (Å²) in [6.07, 6.45) is 4.04. The maximum atomic E-state index is 12.1. The van der Waals surface area contributed by atoms with Gasteiger partial charge in [-0.15, -0.1) is 0 Å². The standard InChI is InChI=1S/C21H20IN3O2/c1-25-10-2-3-19(25)13-4-7-15(8-5-13)23-12-18-17-11-14(22)6-9-16(17)20(26)24-21(18)27/h4-9,11-12,19H,2-3,10H2,1H3,(H2,24,26,27). The SMILES string of the molecule is CN1CCCC1c1ccc(N=Cc2c(O)[nH]c(=O)c3ccc(I)cc23)cc1. The Morgan fingerprint density at radius 3 is 2.70 bits per heavy atom. The van der Waals surface area contributed by atoms with Crippen LogP contribution in [0.4, 0.5) is 5.69 Å². The number of aromatic nitrogens is 1. The molecular formula is C21H20IN3O2. The lowest BCUT2D eigenvalue weighted by Gasteiger charge is -2.19. The molecule has 0 spiro atoms. The summed E-state index contributed by atoms with van der Waals surface area (Å²) in [6, 6.07) is 14.2. The molecule has 138 valence electrons. The van der Waals surface area contributed by atoms with E-state index in [-0.39, 0.29) is 11.4 Å². The Morgan fingerprint density at radius 2 is 2.00 bits per heavy atom. The molecule has 1 aromatic heterocycles. The van der Waals surface area contributed by atoms with E-state index in [9.17, 15) is 9.90 Å². The Kier molecular flexibility index (Phi) is 5.01.